The number of ether oxygens (including phenoxy) is 3. The first-order chi connectivity index (χ1) is 24.0. The van der Waals surface area contributed by atoms with Gasteiger partial charge in [-0.2, -0.15) is 0 Å². The van der Waals surface area contributed by atoms with Crippen molar-refractivity contribution in [3.8, 4) is 5.75 Å². The number of rotatable bonds is 22. The van der Waals surface area contributed by atoms with E-state index in [4.69, 9.17) is 37.4 Å². The van der Waals surface area contributed by atoms with Gasteiger partial charge in [-0.05, 0) is 56.0 Å². The van der Waals surface area contributed by atoms with Crippen LogP contribution in [0.5, 0.6) is 5.75 Å². The minimum Gasteiger partial charge on any atom is -0.494 e. The first kappa shape index (κ1) is 39.1. The van der Waals surface area contributed by atoms with Crippen LogP contribution in [0, 0.1) is 0 Å². The SMILES string of the molecule is CCCCCCCCCCCCCCNC(=O)OCOC1=Nc2cc(OCCCCN3CCN(c4cccc(Cl)c4Cl)CC3)ccc2CC1. The maximum Gasteiger partial charge on any atom is 0.410 e. The molecule has 2 aromatic carbocycles. The largest absolute Gasteiger partial charge is 0.494 e. The lowest BCUT2D eigenvalue weighted by Crippen LogP contribution is -2.46. The fourth-order valence-corrected chi connectivity index (χ4v) is 6.84. The van der Waals surface area contributed by atoms with Crippen molar-refractivity contribution in [2.45, 2.75) is 110 Å². The van der Waals surface area contributed by atoms with Crippen molar-refractivity contribution in [2.75, 3.05) is 57.6 Å². The summed E-state index contributed by atoms with van der Waals surface area (Å²) in [6.45, 7) is 8.36. The minimum atomic E-state index is -0.444. The molecule has 0 radical (unpaired) electrons. The Bertz CT molecular complexity index is 1290. The average Bonchev–Trinajstić information content (AvgIpc) is 3.11. The highest BCUT2D eigenvalue weighted by molar-refractivity contribution is 6.43. The van der Waals surface area contributed by atoms with Gasteiger partial charge in [0, 0.05) is 45.2 Å². The molecule has 8 nitrogen and oxygen atoms in total. The van der Waals surface area contributed by atoms with Crippen LogP contribution in [0.25, 0.3) is 0 Å². The normalized spacial score (nSPS) is 14.7. The fraction of sp³-hybridized carbons (Fsp3) is 0.641. The molecular weight excluding hydrogens is 659 g/mol. The molecule has 4 rings (SSSR count). The van der Waals surface area contributed by atoms with Gasteiger partial charge in [0.25, 0.3) is 0 Å². The highest BCUT2D eigenvalue weighted by atomic mass is 35.5. The molecule has 0 saturated carbocycles. The molecule has 0 bridgehead atoms. The van der Waals surface area contributed by atoms with E-state index in [0.717, 1.165) is 82.0 Å². The first-order valence-electron chi connectivity index (χ1n) is 18.8. The number of alkyl carbamates (subject to hydrolysis) is 1. The predicted octanol–water partition coefficient (Wildman–Crippen LogP) is 10.4. The molecule has 2 aromatic rings. The summed E-state index contributed by atoms with van der Waals surface area (Å²) in [7, 11) is 0. The van der Waals surface area contributed by atoms with Crippen LogP contribution in [0.1, 0.15) is 109 Å². The van der Waals surface area contributed by atoms with Gasteiger partial charge < -0.3 is 24.4 Å². The summed E-state index contributed by atoms with van der Waals surface area (Å²) in [4.78, 5) is 21.5. The highest BCUT2D eigenvalue weighted by Gasteiger charge is 2.20. The molecule has 0 unspecified atom stereocenters. The third-order valence-electron chi connectivity index (χ3n) is 9.41. The second-order valence-corrected chi connectivity index (χ2v) is 14.0. The van der Waals surface area contributed by atoms with E-state index in [2.05, 4.69) is 33.1 Å². The Morgan fingerprint density at radius 1 is 0.816 bits per heavy atom. The Hall–Kier alpha value is -2.68. The van der Waals surface area contributed by atoms with Gasteiger partial charge in [-0.3, -0.25) is 4.90 Å². The maximum absolute atomic E-state index is 12.1. The number of piperazine rings is 1. The molecule has 49 heavy (non-hydrogen) atoms. The van der Waals surface area contributed by atoms with E-state index in [0.29, 0.717) is 35.5 Å². The Balaban J connectivity index is 1.01. The number of nitrogens with zero attached hydrogens (tertiary/aromatic N) is 3. The van der Waals surface area contributed by atoms with Gasteiger partial charge in [0.2, 0.25) is 6.79 Å². The lowest BCUT2D eigenvalue weighted by atomic mass is 10.0. The lowest BCUT2D eigenvalue weighted by molar-refractivity contribution is 0.0505. The standard InChI is InChI=1S/C39H58Cl2N4O4/c1-2-3-4-5-6-7-8-9-10-11-12-13-23-42-39(46)49-31-48-37-22-20-32-19-21-33(30-35(32)43-37)47-29-15-14-24-44-25-27-45(28-26-44)36-18-16-17-34(40)38(36)41/h16-19,21,30H,2-15,20,22-29,31H2,1H3,(H,42,46). The number of aryl methyl sites for hydroxylation is 1. The number of amides is 1. The van der Waals surface area contributed by atoms with E-state index >= 15 is 0 Å². The Morgan fingerprint density at radius 2 is 1.53 bits per heavy atom. The third kappa shape index (κ3) is 14.6. The topological polar surface area (TPSA) is 75.6 Å². The molecule has 0 atom stereocenters. The monoisotopic (exact) mass is 716 g/mol. The van der Waals surface area contributed by atoms with Crippen LogP contribution in [0.2, 0.25) is 10.0 Å². The number of benzene rings is 2. The van der Waals surface area contributed by atoms with Gasteiger partial charge >= 0.3 is 6.09 Å². The maximum atomic E-state index is 12.1. The molecule has 1 fully saturated rings. The molecule has 0 spiro atoms. The number of carbonyl (C=O) groups excluding carboxylic acids is 1. The summed E-state index contributed by atoms with van der Waals surface area (Å²) in [6, 6.07) is 11.9. The highest BCUT2D eigenvalue weighted by Crippen LogP contribution is 2.33. The molecular formula is C39H58Cl2N4O4. The Labute approximate surface area is 304 Å². The molecule has 0 aromatic heterocycles. The van der Waals surface area contributed by atoms with Crippen molar-refractivity contribution in [1.82, 2.24) is 10.2 Å². The van der Waals surface area contributed by atoms with Gasteiger partial charge in [-0.15, -0.1) is 0 Å². The van der Waals surface area contributed by atoms with E-state index in [1.807, 2.05) is 30.3 Å². The quantitative estimate of drug-likeness (QED) is 0.0966. The van der Waals surface area contributed by atoms with E-state index < -0.39 is 6.09 Å². The number of aliphatic imine (C=N–C) groups is 1. The number of unbranched alkanes of at least 4 members (excludes halogenated alkanes) is 12. The first-order valence-corrected chi connectivity index (χ1v) is 19.6. The van der Waals surface area contributed by atoms with Crippen LogP contribution in [-0.2, 0) is 15.9 Å². The van der Waals surface area contributed by atoms with Crippen molar-refractivity contribution in [3.05, 3.63) is 52.0 Å². The Kier molecular flexibility index (Phi) is 18.3. The fourth-order valence-electron chi connectivity index (χ4n) is 6.42. The molecule has 2 heterocycles. The van der Waals surface area contributed by atoms with E-state index in [-0.39, 0.29) is 6.79 Å². The number of halogens is 2. The lowest BCUT2D eigenvalue weighted by Gasteiger charge is -2.36. The molecule has 272 valence electrons. The summed E-state index contributed by atoms with van der Waals surface area (Å²) >= 11 is 12.6. The molecule has 1 amide bonds. The van der Waals surface area contributed by atoms with Gasteiger partial charge in [-0.25, -0.2) is 9.79 Å². The van der Waals surface area contributed by atoms with Crippen molar-refractivity contribution in [2.24, 2.45) is 4.99 Å². The van der Waals surface area contributed by atoms with E-state index in [1.165, 1.54) is 69.8 Å². The van der Waals surface area contributed by atoms with Crippen LogP contribution >= 0.6 is 23.2 Å². The van der Waals surface area contributed by atoms with E-state index in [1.54, 1.807) is 0 Å². The molecule has 1 N–H and O–H groups in total. The molecule has 2 aliphatic rings. The summed E-state index contributed by atoms with van der Waals surface area (Å²) in [5, 5.41) is 4.07. The van der Waals surface area contributed by atoms with Crippen LogP contribution in [0.15, 0.2) is 41.4 Å². The number of fused-ring (bicyclic) bond motifs is 1. The van der Waals surface area contributed by atoms with Crippen molar-refractivity contribution in [1.29, 1.82) is 0 Å². The second-order valence-electron chi connectivity index (χ2n) is 13.3. The molecule has 2 aliphatic heterocycles. The summed E-state index contributed by atoms with van der Waals surface area (Å²) in [5.74, 6) is 1.39. The number of hydrogen-bond acceptors (Lipinski definition) is 7. The molecule has 0 aliphatic carbocycles. The van der Waals surface area contributed by atoms with Crippen molar-refractivity contribution >= 4 is 46.6 Å². The smallest absolute Gasteiger partial charge is 0.410 e. The third-order valence-corrected chi connectivity index (χ3v) is 10.2. The van der Waals surface area contributed by atoms with Crippen molar-refractivity contribution < 1.29 is 19.0 Å². The van der Waals surface area contributed by atoms with E-state index in [9.17, 15) is 4.79 Å². The molecule has 10 heteroatoms. The number of hydrogen-bond donors (Lipinski definition) is 1. The zero-order valence-corrected chi connectivity index (χ0v) is 31.2. The predicted molar refractivity (Wildman–Crippen MR) is 203 cm³/mol. The van der Waals surface area contributed by atoms with Gasteiger partial charge in [0.1, 0.15) is 5.75 Å². The van der Waals surface area contributed by atoms with Crippen molar-refractivity contribution in [3.63, 3.8) is 0 Å². The van der Waals surface area contributed by atoms with Gasteiger partial charge in [-0.1, -0.05) is 113 Å². The summed E-state index contributed by atoms with van der Waals surface area (Å²) < 4.78 is 17.0. The average molecular weight is 718 g/mol. The Morgan fingerprint density at radius 3 is 2.27 bits per heavy atom. The van der Waals surface area contributed by atoms with Gasteiger partial charge in [0.15, 0.2) is 5.90 Å². The number of nitrogens with one attached hydrogen (secondary N) is 1. The van der Waals surface area contributed by atoms with Crippen LogP contribution < -0.4 is 15.0 Å². The zero-order chi connectivity index (χ0) is 34.5. The van der Waals surface area contributed by atoms with Crippen LogP contribution in [0.3, 0.4) is 0 Å². The number of carbonyl (C=O) groups is 1. The van der Waals surface area contributed by atoms with Gasteiger partial charge in [0.05, 0.1) is 28.0 Å². The summed E-state index contributed by atoms with van der Waals surface area (Å²) in [6.07, 6.45) is 18.7. The minimum absolute atomic E-state index is 0.141. The summed E-state index contributed by atoms with van der Waals surface area (Å²) in [5.41, 5.74) is 3.04. The number of anilines is 1. The van der Waals surface area contributed by atoms with Crippen LogP contribution in [0.4, 0.5) is 16.2 Å². The molecule has 1 saturated heterocycles. The second kappa shape index (κ2) is 22.9. The van der Waals surface area contributed by atoms with Crippen LogP contribution in [-0.4, -0.2) is 69.6 Å². The zero-order valence-electron chi connectivity index (χ0n) is 29.7.